The summed E-state index contributed by atoms with van der Waals surface area (Å²) in [5.41, 5.74) is 0.893. The van der Waals surface area contributed by atoms with Crippen molar-refractivity contribution < 1.29 is 33.3 Å². The van der Waals surface area contributed by atoms with Crippen molar-refractivity contribution in [2.75, 3.05) is 21.3 Å². The largest absolute Gasteiger partial charge is 0.497 e. The third-order valence-corrected chi connectivity index (χ3v) is 4.71. The van der Waals surface area contributed by atoms with E-state index in [4.69, 9.17) is 14.2 Å². The van der Waals surface area contributed by atoms with Gasteiger partial charge in [0.25, 0.3) is 0 Å². The Balaban J connectivity index is 2.14. The summed E-state index contributed by atoms with van der Waals surface area (Å²) in [5, 5.41) is 0. The first-order valence-corrected chi connectivity index (χ1v) is 10.1. The molecule has 2 aromatic carbocycles. The number of unbranched alkanes of at least 4 members (excludes halogenated alkanes) is 2. The van der Waals surface area contributed by atoms with Crippen LogP contribution in [-0.4, -0.2) is 39.1 Å². The van der Waals surface area contributed by atoms with Crippen LogP contribution in [0, 0.1) is 0 Å². The third kappa shape index (κ3) is 7.44. The van der Waals surface area contributed by atoms with Gasteiger partial charge in [-0.1, -0.05) is 36.8 Å². The first-order chi connectivity index (χ1) is 15.0. The second kappa shape index (κ2) is 12.4. The number of ketones is 1. The van der Waals surface area contributed by atoms with Crippen LogP contribution in [0.5, 0.6) is 11.5 Å². The topological polar surface area (TPSA) is 88.1 Å². The van der Waals surface area contributed by atoms with Gasteiger partial charge in [0.05, 0.1) is 21.3 Å². The van der Waals surface area contributed by atoms with E-state index in [1.165, 1.54) is 21.3 Å². The summed E-state index contributed by atoms with van der Waals surface area (Å²) >= 11 is 0. The summed E-state index contributed by atoms with van der Waals surface area (Å²) in [6.07, 6.45) is 1.16. The molecule has 0 saturated carbocycles. The van der Waals surface area contributed by atoms with Crippen molar-refractivity contribution in [3.8, 4) is 11.5 Å². The molecule has 166 valence electrons. The summed E-state index contributed by atoms with van der Waals surface area (Å²) in [6.45, 7) is 0. The molecule has 0 N–H and O–H groups in total. The molecular weight excluding hydrogens is 400 g/mol. The molecule has 31 heavy (non-hydrogen) atoms. The fourth-order valence-electron chi connectivity index (χ4n) is 3.02. The Bertz CT molecular complexity index is 855. The average molecular weight is 428 g/mol. The van der Waals surface area contributed by atoms with Crippen molar-refractivity contribution in [2.24, 2.45) is 0 Å². The zero-order chi connectivity index (χ0) is 22.6. The minimum atomic E-state index is -1.13. The fraction of sp³-hybridized carbons (Fsp3) is 0.375. The third-order valence-electron chi connectivity index (χ3n) is 4.71. The van der Waals surface area contributed by atoms with Gasteiger partial charge in [-0.25, -0.2) is 0 Å². The van der Waals surface area contributed by atoms with E-state index in [0.717, 1.165) is 0 Å². The quantitative estimate of drug-likeness (QED) is 0.283. The monoisotopic (exact) mass is 428 g/mol. The second-order valence-corrected chi connectivity index (χ2v) is 6.88. The molecule has 0 aliphatic carbocycles. The van der Waals surface area contributed by atoms with Gasteiger partial charge in [-0.2, -0.15) is 0 Å². The van der Waals surface area contributed by atoms with Gasteiger partial charge in [0.15, 0.2) is 6.10 Å². The smallest absolute Gasteiger partial charge is 0.306 e. The van der Waals surface area contributed by atoms with E-state index in [0.29, 0.717) is 48.3 Å². The molecule has 0 spiro atoms. The van der Waals surface area contributed by atoms with Crippen LogP contribution >= 0.6 is 0 Å². The number of carbonyl (C=O) groups is 3. The van der Waals surface area contributed by atoms with Crippen LogP contribution in [0.25, 0.3) is 0 Å². The van der Waals surface area contributed by atoms with Crippen LogP contribution in [0.1, 0.15) is 54.1 Å². The number of hydrogen-bond acceptors (Lipinski definition) is 7. The normalized spacial score (nSPS) is 11.3. The number of carbonyl (C=O) groups excluding carboxylic acids is 3. The number of rotatable bonds is 12. The molecule has 1 unspecified atom stereocenters. The lowest BCUT2D eigenvalue weighted by atomic mass is 9.99. The number of ether oxygens (including phenoxy) is 4. The molecule has 0 aliphatic rings. The maximum atomic E-state index is 13.2. The molecule has 2 rings (SSSR count). The van der Waals surface area contributed by atoms with E-state index in [2.05, 4.69) is 4.74 Å². The summed E-state index contributed by atoms with van der Waals surface area (Å²) in [7, 11) is 4.36. The summed E-state index contributed by atoms with van der Waals surface area (Å²) in [5.74, 6) is -0.134. The van der Waals surface area contributed by atoms with Crippen molar-refractivity contribution in [1.82, 2.24) is 0 Å². The highest BCUT2D eigenvalue weighted by Gasteiger charge is 2.27. The molecule has 0 amide bonds. The minimum Gasteiger partial charge on any atom is -0.497 e. The van der Waals surface area contributed by atoms with Crippen LogP contribution in [0.4, 0.5) is 0 Å². The molecule has 0 aliphatic heterocycles. The highest BCUT2D eigenvalue weighted by atomic mass is 16.5. The first kappa shape index (κ1) is 23.9. The summed E-state index contributed by atoms with van der Waals surface area (Å²) in [6, 6.07) is 13.6. The molecule has 0 saturated heterocycles. The molecule has 0 aromatic heterocycles. The molecule has 7 heteroatoms. The van der Waals surface area contributed by atoms with E-state index in [-0.39, 0.29) is 18.2 Å². The van der Waals surface area contributed by atoms with Crippen molar-refractivity contribution in [1.29, 1.82) is 0 Å². The number of benzene rings is 2. The predicted molar refractivity (Wildman–Crippen MR) is 114 cm³/mol. The molecule has 1 atom stereocenters. The maximum absolute atomic E-state index is 13.2. The van der Waals surface area contributed by atoms with Gasteiger partial charge in [0.1, 0.15) is 11.5 Å². The lowest BCUT2D eigenvalue weighted by molar-refractivity contribution is -0.147. The molecule has 0 bridgehead atoms. The Hall–Kier alpha value is -3.35. The van der Waals surface area contributed by atoms with Gasteiger partial charge in [0.2, 0.25) is 5.78 Å². The zero-order valence-electron chi connectivity index (χ0n) is 18.1. The minimum absolute atomic E-state index is 0.140. The Labute approximate surface area is 182 Å². The van der Waals surface area contributed by atoms with Gasteiger partial charge >= 0.3 is 11.9 Å². The molecule has 0 heterocycles. The van der Waals surface area contributed by atoms with Gasteiger partial charge in [0, 0.05) is 30.0 Å². The Morgan fingerprint density at radius 1 is 0.774 bits per heavy atom. The predicted octanol–water partition coefficient (Wildman–Crippen LogP) is 4.29. The van der Waals surface area contributed by atoms with Crippen molar-refractivity contribution in [3.05, 3.63) is 59.7 Å². The standard InChI is InChI=1S/C24H28O7/c1-28-19-14-18(15-20(16-19)29-2)24(23(27)17-10-6-4-7-11-17)31-22(26)13-9-5-8-12-21(25)30-3/h4,6-7,10-11,14-16,24H,5,8-9,12-13H2,1-3H3. The van der Waals surface area contributed by atoms with E-state index in [1.807, 2.05) is 0 Å². The molecule has 0 fully saturated rings. The number of hydrogen-bond donors (Lipinski definition) is 0. The summed E-state index contributed by atoms with van der Waals surface area (Å²) in [4.78, 5) is 36.8. The maximum Gasteiger partial charge on any atom is 0.306 e. The fourth-order valence-corrected chi connectivity index (χ4v) is 3.02. The number of esters is 2. The van der Waals surface area contributed by atoms with Crippen LogP contribution in [-0.2, 0) is 19.1 Å². The van der Waals surface area contributed by atoms with E-state index in [9.17, 15) is 14.4 Å². The van der Waals surface area contributed by atoms with Crippen LogP contribution in [0.3, 0.4) is 0 Å². The van der Waals surface area contributed by atoms with Crippen molar-refractivity contribution in [2.45, 2.75) is 38.2 Å². The van der Waals surface area contributed by atoms with Gasteiger partial charge in [-0.3, -0.25) is 14.4 Å². The Morgan fingerprint density at radius 3 is 1.90 bits per heavy atom. The number of methoxy groups -OCH3 is 3. The highest BCUT2D eigenvalue weighted by molar-refractivity contribution is 6.01. The van der Waals surface area contributed by atoms with Crippen LogP contribution in [0.2, 0.25) is 0 Å². The molecule has 2 aromatic rings. The second-order valence-electron chi connectivity index (χ2n) is 6.88. The Morgan fingerprint density at radius 2 is 1.35 bits per heavy atom. The number of Topliss-reactive ketones (excluding diaryl/α,β-unsaturated/α-hetero) is 1. The molecule has 0 radical (unpaired) electrons. The van der Waals surface area contributed by atoms with E-state index >= 15 is 0 Å². The lowest BCUT2D eigenvalue weighted by Crippen LogP contribution is -2.20. The SMILES string of the molecule is COC(=O)CCCCCC(=O)OC(C(=O)c1ccccc1)c1cc(OC)cc(OC)c1. The molecular formula is C24H28O7. The highest BCUT2D eigenvalue weighted by Crippen LogP contribution is 2.31. The molecule has 7 nitrogen and oxygen atoms in total. The van der Waals surface area contributed by atoms with Crippen LogP contribution in [0.15, 0.2) is 48.5 Å². The van der Waals surface area contributed by atoms with Gasteiger partial charge in [-0.05, 0) is 25.0 Å². The van der Waals surface area contributed by atoms with Crippen LogP contribution < -0.4 is 9.47 Å². The lowest BCUT2D eigenvalue weighted by Gasteiger charge is -2.19. The van der Waals surface area contributed by atoms with Crippen molar-refractivity contribution in [3.63, 3.8) is 0 Å². The Kier molecular flexibility index (Phi) is 9.55. The van der Waals surface area contributed by atoms with Crippen molar-refractivity contribution >= 4 is 17.7 Å². The van der Waals surface area contributed by atoms with E-state index < -0.39 is 12.1 Å². The zero-order valence-corrected chi connectivity index (χ0v) is 18.1. The van der Waals surface area contributed by atoms with Gasteiger partial charge < -0.3 is 18.9 Å². The first-order valence-electron chi connectivity index (χ1n) is 10.1. The summed E-state index contributed by atoms with van der Waals surface area (Å²) < 4.78 is 20.8. The average Bonchev–Trinajstić information content (AvgIpc) is 2.81. The van der Waals surface area contributed by atoms with E-state index in [1.54, 1.807) is 48.5 Å². The van der Waals surface area contributed by atoms with Gasteiger partial charge in [-0.15, -0.1) is 0 Å².